The van der Waals surface area contributed by atoms with Crippen LogP contribution < -0.4 is 10.6 Å². The minimum Gasteiger partial charge on any atom is -0.391 e. The van der Waals surface area contributed by atoms with E-state index in [9.17, 15) is 9.90 Å². The van der Waals surface area contributed by atoms with Gasteiger partial charge in [-0.15, -0.1) is 26.8 Å². The Bertz CT molecular complexity index is 815. The molecule has 146 valence electrons. The first-order valence-corrected chi connectivity index (χ1v) is 16.9. The minimum atomic E-state index is -0.570. The predicted octanol–water partition coefficient (Wildman–Crippen LogP) is 3.48. The predicted molar refractivity (Wildman–Crippen MR) is 125 cm³/mol. The topological polar surface area (TPSA) is 103 Å². The van der Waals surface area contributed by atoms with Crippen LogP contribution in [0.2, 0.25) is 0 Å². The number of thiazole rings is 1. The van der Waals surface area contributed by atoms with E-state index in [0.717, 1.165) is 24.0 Å². The quantitative estimate of drug-likeness (QED) is 0.664. The van der Waals surface area contributed by atoms with Gasteiger partial charge in [-0.2, -0.15) is 4.98 Å². The van der Waals surface area contributed by atoms with Crippen molar-refractivity contribution in [3.63, 3.8) is 0 Å². The van der Waals surface area contributed by atoms with Crippen molar-refractivity contribution in [1.82, 2.24) is 14.5 Å². The molecule has 2 aromatic heterocycles. The van der Waals surface area contributed by atoms with E-state index in [1.807, 2.05) is 6.92 Å². The molecule has 7 nitrogen and oxygen atoms in total. The third-order valence-electron chi connectivity index (χ3n) is 4.00. The number of hydrogen-bond donors (Lipinski definition) is 2. The van der Waals surface area contributed by atoms with E-state index in [1.165, 1.54) is 4.57 Å². The summed E-state index contributed by atoms with van der Waals surface area (Å²) in [5, 5.41) is 9.70. The second-order valence-corrected chi connectivity index (χ2v) is 21.0. The number of aliphatic hydroxyl groups excluding tert-OH is 1. The molecule has 0 saturated carbocycles. The average molecular weight is 472 g/mol. The van der Waals surface area contributed by atoms with Crippen LogP contribution >= 0.6 is 53.1 Å². The van der Waals surface area contributed by atoms with Crippen molar-refractivity contribution in [3.8, 4) is 0 Å². The first-order valence-electron chi connectivity index (χ1n) is 7.90. The highest BCUT2D eigenvalue weighted by atomic mass is 32.8. The van der Waals surface area contributed by atoms with E-state index in [2.05, 4.69) is 36.8 Å². The average Bonchev–Trinajstić information content (AvgIpc) is 3.08. The van der Waals surface area contributed by atoms with Crippen molar-refractivity contribution in [2.75, 3.05) is 5.73 Å². The van der Waals surface area contributed by atoms with E-state index < -0.39 is 12.3 Å². The molecule has 0 spiro atoms. The number of aromatic nitrogens is 3. The summed E-state index contributed by atoms with van der Waals surface area (Å²) in [5.41, 5.74) is 6.90. The number of fused-ring (bicyclic) bond motifs is 1. The second-order valence-electron chi connectivity index (χ2n) is 6.11. The summed E-state index contributed by atoms with van der Waals surface area (Å²) in [6.07, 6.45) is -0.572. The zero-order valence-corrected chi connectivity index (χ0v) is 21.0. The van der Waals surface area contributed by atoms with Crippen molar-refractivity contribution in [1.29, 1.82) is 0 Å². The fourth-order valence-electron chi connectivity index (χ4n) is 2.78. The number of hydrogen-bond acceptors (Lipinski definition) is 7. The molecule has 0 aliphatic carbocycles. The van der Waals surface area contributed by atoms with E-state index in [1.54, 1.807) is 13.8 Å². The number of ether oxygens (including phenoxy) is 1. The van der Waals surface area contributed by atoms with Gasteiger partial charge in [0.05, 0.1) is 22.6 Å². The number of nitrogens with two attached hydrogens (primary N) is 1. The van der Waals surface area contributed by atoms with E-state index in [-0.39, 0.29) is 29.8 Å². The Labute approximate surface area is 166 Å². The van der Waals surface area contributed by atoms with E-state index >= 15 is 0 Å². The number of aryl methyl sites for hydroxylation is 1. The number of anilines is 1. The second kappa shape index (κ2) is 9.91. The van der Waals surface area contributed by atoms with Crippen molar-refractivity contribution in [3.05, 3.63) is 15.4 Å². The molecule has 5 unspecified atom stereocenters. The number of aliphatic hydroxyl groups is 1. The summed E-state index contributed by atoms with van der Waals surface area (Å²) in [6.45, 7) is 5.72. The van der Waals surface area contributed by atoms with Gasteiger partial charge in [0.2, 0.25) is 5.95 Å². The van der Waals surface area contributed by atoms with Crippen LogP contribution in [0.1, 0.15) is 32.2 Å². The number of nitrogen functional groups attached to an aromatic ring is 1. The van der Waals surface area contributed by atoms with Gasteiger partial charge in [-0.25, -0.2) is 4.98 Å². The Hall–Kier alpha value is 0.640. The molecule has 3 N–H and O–H groups in total. The molecule has 0 bridgehead atoms. The van der Waals surface area contributed by atoms with Gasteiger partial charge in [0.1, 0.15) is 6.23 Å². The number of rotatable bonds is 3. The Morgan fingerprint density at radius 3 is 2.62 bits per heavy atom. The lowest BCUT2D eigenvalue weighted by Gasteiger charge is -2.18. The van der Waals surface area contributed by atoms with Gasteiger partial charge < -0.3 is 15.6 Å². The molecule has 3 rings (SSSR count). The van der Waals surface area contributed by atoms with Gasteiger partial charge >= 0.3 is 4.87 Å². The maximum atomic E-state index is 12.3. The van der Waals surface area contributed by atoms with Crippen molar-refractivity contribution in [2.24, 2.45) is 5.92 Å². The Balaban J connectivity index is 0.000000431. The fraction of sp³-hybridized carbons (Fsp3) is 0.615. The van der Waals surface area contributed by atoms with Crippen molar-refractivity contribution < 1.29 is 9.84 Å². The summed E-state index contributed by atoms with van der Waals surface area (Å²) < 4.78 is 8.13. The third-order valence-corrected chi connectivity index (χ3v) is 17.0. The van der Waals surface area contributed by atoms with Crippen LogP contribution in [0.25, 0.3) is 10.3 Å². The Morgan fingerprint density at radius 1 is 1.50 bits per heavy atom. The summed E-state index contributed by atoms with van der Waals surface area (Å²) in [7, 11) is 9.24. The van der Waals surface area contributed by atoms with Gasteiger partial charge in [0.15, 0.2) is 5.65 Å². The molecular weight excluding hydrogens is 447 g/mol. The van der Waals surface area contributed by atoms with Gasteiger partial charge in [0.25, 0.3) is 0 Å². The smallest absolute Gasteiger partial charge is 0.311 e. The van der Waals surface area contributed by atoms with Crippen molar-refractivity contribution in [2.45, 2.75) is 45.6 Å². The molecule has 1 saturated heterocycles. The normalized spacial score (nSPS) is 24.4. The summed E-state index contributed by atoms with van der Waals surface area (Å²) >= 11 is 1.10. The molecule has 0 aromatic carbocycles. The molecule has 2 aromatic rings. The molecule has 1 aliphatic heterocycles. The zero-order chi connectivity index (χ0) is 19.6. The molecule has 3 heterocycles. The highest BCUT2D eigenvalue weighted by molar-refractivity contribution is 8.77. The molecular formula is C13H25N4O3P5S. The molecule has 0 amide bonds. The molecule has 1 fully saturated rings. The van der Waals surface area contributed by atoms with E-state index in [4.69, 9.17) is 10.5 Å². The Kier molecular flexibility index (Phi) is 8.73. The molecule has 1 aliphatic rings. The third kappa shape index (κ3) is 5.37. The van der Waals surface area contributed by atoms with Gasteiger partial charge in [-0.05, 0) is 27.3 Å². The van der Waals surface area contributed by atoms with E-state index in [0.29, 0.717) is 17.8 Å². The molecule has 13 heteroatoms. The highest BCUT2D eigenvalue weighted by Gasteiger charge is 2.37. The SMILES string of the molecule is Cc1nc(N)nc2c1sc(=O)n2[C@@H]1O[C@H](C(C)O)C[C@H]1C.PPP(P)P. The fourth-order valence-corrected chi connectivity index (χ4v) is 3.67. The summed E-state index contributed by atoms with van der Waals surface area (Å²) in [6, 6.07) is 0. The molecule has 26 heavy (non-hydrogen) atoms. The standard InChI is InChI=1S/C13H18N4O3S.H7P5/c1-5-4-8(7(3)18)20-11(5)17-10-9(21-13(17)19)6(2)15-12(14)16-10;1-4-5(2)3/h5,7-8,11,18H,4H2,1-3H3,(H2,14,15,16);4H,1-3H2/t5-,7?,8+,11-;/m1./s1. The maximum Gasteiger partial charge on any atom is 0.311 e. The summed E-state index contributed by atoms with van der Waals surface area (Å²) in [5.74, 6) is 0.251. The monoisotopic (exact) mass is 472 g/mol. The van der Waals surface area contributed by atoms with Crippen LogP contribution in [-0.4, -0.2) is 31.8 Å². The van der Waals surface area contributed by atoms with Crippen LogP contribution in [-0.2, 0) is 4.74 Å². The first kappa shape index (κ1) is 22.9. The van der Waals surface area contributed by atoms with Gasteiger partial charge in [-0.1, -0.05) is 26.2 Å². The maximum absolute atomic E-state index is 12.3. The van der Waals surface area contributed by atoms with Crippen LogP contribution in [0.3, 0.4) is 0 Å². The lowest BCUT2D eigenvalue weighted by molar-refractivity contribution is -0.0579. The lowest BCUT2D eigenvalue weighted by atomic mass is 10.0. The molecule has 0 radical (unpaired) electrons. The minimum absolute atomic E-state index is 0.108. The van der Waals surface area contributed by atoms with Crippen LogP contribution in [0, 0.1) is 12.8 Å². The largest absolute Gasteiger partial charge is 0.391 e. The van der Waals surface area contributed by atoms with Gasteiger partial charge in [0, 0.05) is 5.92 Å². The Morgan fingerprint density at radius 2 is 2.12 bits per heavy atom. The summed E-state index contributed by atoms with van der Waals surface area (Å²) in [4.78, 5) is 20.5. The zero-order valence-electron chi connectivity index (χ0n) is 14.8. The van der Waals surface area contributed by atoms with Crippen LogP contribution in [0.4, 0.5) is 5.95 Å². The highest BCUT2D eigenvalue weighted by Crippen LogP contribution is 2.71. The number of nitrogens with zero attached hydrogens (tertiary/aromatic N) is 3. The van der Waals surface area contributed by atoms with Crippen LogP contribution in [0.15, 0.2) is 4.79 Å². The van der Waals surface area contributed by atoms with Crippen LogP contribution in [0.5, 0.6) is 0 Å². The first-order chi connectivity index (χ1) is 12.1. The lowest BCUT2D eigenvalue weighted by Crippen LogP contribution is -2.26. The van der Waals surface area contributed by atoms with Gasteiger partial charge in [-0.3, -0.25) is 9.36 Å². The molecule has 8 atom stereocenters. The van der Waals surface area contributed by atoms with Crippen molar-refractivity contribution >= 4 is 69.4 Å².